The molecule has 1 N–H and O–H groups in total. The van der Waals surface area contributed by atoms with Crippen LogP contribution in [-0.4, -0.2) is 30.0 Å². The molecule has 0 bridgehead atoms. The van der Waals surface area contributed by atoms with Gasteiger partial charge in [-0.15, -0.1) is 11.3 Å². The van der Waals surface area contributed by atoms with Crippen LogP contribution in [0.3, 0.4) is 0 Å². The van der Waals surface area contributed by atoms with Gasteiger partial charge in [0, 0.05) is 35.7 Å². The summed E-state index contributed by atoms with van der Waals surface area (Å²) >= 11 is 7.47. The fourth-order valence-electron chi connectivity index (χ4n) is 2.49. The smallest absolute Gasteiger partial charge is 0.224 e. The van der Waals surface area contributed by atoms with Crippen molar-refractivity contribution in [3.8, 4) is 0 Å². The zero-order valence-electron chi connectivity index (χ0n) is 11.5. The molecule has 1 aliphatic heterocycles. The average Bonchev–Trinajstić information content (AvgIpc) is 3.12. The van der Waals surface area contributed by atoms with Gasteiger partial charge >= 0.3 is 0 Å². The number of carbonyl (C=O) groups is 1. The van der Waals surface area contributed by atoms with E-state index in [0.717, 1.165) is 30.2 Å². The molecule has 4 nitrogen and oxygen atoms in total. The highest BCUT2D eigenvalue weighted by atomic mass is 35.5. The SMILES string of the molecule is O=C(Cc1ccc(Cl)cc1)N[C@@H]1CCN(c2nccs2)C1. The first-order valence-electron chi connectivity index (χ1n) is 6.89. The van der Waals surface area contributed by atoms with Crippen molar-refractivity contribution in [2.75, 3.05) is 18.0 Å². The van der Waals surface area contributed by atoms with Crippen LogP contribution in [0.25, 0.3) is 0 Å². The van der Waals surface area contributed by atoms with Gasteiger partial charge in [0.05, 0.1) is 6.42 Å². The van der Waals surface area contributed by atoms with Crippen LogP contribution >= 0.6 is 22.9 Å². The second kappa shape index (κ2) is 6.45. The van der Waals surface area contributed by atoms with Gasteiger partial charge in [-0.05, 0) is 24.1 Å². The largest absolute Gasteiger partial charge is 0.351 e. The molecule has 0 saturated carbocycles. The Balaban J connectivity index is 1.50. The van der Waals surface area contributed by atoms with Gasteiger partial charge in [0.1, 0.15) is 0 Å². The van der Waals surface area contributed by atoms with E-state index in [1.807, 2.05) is 35.8 Å². The van der Waals surface area contributed by atoms with Crippen LogP contribution in [0.15, 0.2) is 35.8 Å². The fraction of sp³-hybridized carbons (Fsp3) is 0.333. The maximum atomic E-state index is 12.1. The molecule has 6 heteroatoms. The Bertz CT molecular complexity index is 600. The number of anilines is 1. The van der Waals surface area contributed by atoms with E-state index in [1.165, 1.54) is 0 Å². The predicted octanol–water partition coefficient (Wildman–Crippen LogP) is 2.73. The molecule has 1 atom stereocenters. The van der Waals surface area contributed by atoms with Crippen molar-refractivity contribution in [3.05, 3.63) is 46.4 Å². The third-order valence-electron chi connectivity index (χ3n) is 3.52. The van der Waals surface area contributed by atoms with Gasteiger partial charge in [0.25, 0.3) is 0 Å². The van der Waals surface area contributed by atoms with Crippen molar-refractivity contribution in [2.24, 2.45) is 0 Å². The number of carbonyl (C=O) groups excluding carboxylic acids is 1. The van der Waals surface area contributed by atoms with Crippen LogP contribution in [0.2, 0.25) is 5.02 Å². The minimum atomic E-state index is 0.0586. The standard InChI is InChI=1S/C15H16ClN3OS/c16-12-3-1-11(2-4-12)9-14(20)18-13-5-7-19(10-13)15-17-6-8-21-15/h1-4,6,8,13H,5,7,9-10H2,(H,18,20)/t13-/m1/s1. The highest BCUT2D eigenvalue weighted by Crippen LogP contribution is 2.22. The molecule has 2 aromatic rings. The van der Waals surface area contributed by atoms with Gasteiger partial charge in [0.15, 0.2) is 5.13 Å². The third-order valence-corrected chi connectivity index (χ3v) is 4.61. The number of benzene rings is 1. The summed E-state index contributed by atoms with van der Waals surface area (Å²) in [6, 6.07) is 7.60. The maximum absolute atomic E-state index is 12.1. The molecule has 2 heterocycles. The highest BCUT2D eigenvalue weighted by Gasteiger charge is 2.25. The molecule has 1 aliphatic rings. The lowest BCUT2D eigenvalue weighted by Gasteiger charge is -2.15. The van der Waals surface area contributed by atoms with Crippen molar-refractivity contribution in [1.82, 2.24) is 10.3 Å². The molecule has 0 radical (unpaired) electrons. The summed E-state index contributed by atoms with van der Waals surface area (Å²) in [5, 5.41) is 6.79. The molecular weight excluding hydrogens is 306 g/mol. The lowest BCUT2D eigenvalue weighted by molar-refractivity contribution is -0.121. The van der Waals surface area contributed by atoms with E-state index in [1.54, 1.807) is 11.3 Å². The number of halogens is 1. The number of thiazole rings is 1. The fourth-order valence-corrected chi connectivity index (χ4v) is 3.30. The molecule has 3 rings (SSSR count). The van der Waals surface area contributed by atoms with Crippen molar-refractivity contribution < 1.29 is 4.79 Å². The Morgan fingerprint density at radius 1 is 1.43 bits per heavy atom. The van der Waals surface area contributed by atoms with Gasteiger partial charge in [-0.2, -0.15) is 0 Å². The summed E-state index contributed by atoms with van der Waals surface area (Å²) in [6.07, 6.45) is 3.17. The van der Waals surface area contributed by atoms with E-state index >= 15 is 0 Å². The minimum Gasteiger partial charge on any atom is -0.351 e. The summed E-state index contributed by atoms with van der Waals surface area (Å²) in [5.74, 6) is 0.0586. The predicted molar refractivity (Wildman–Crippen MR) is 86.0 cm³/mol. The van der Waals surface area contributed by atoms with Crippen LogP contribution in [0.5, 0.6) is 0 Å². The first kappa shape index (κ1) is 14.4. The number of amides is 1. The molecule has 1 aromatic heterocycles. The number of aromatic nitrogens is 1. The average molecular weight is 322 g/mol. The molecule has 21 heavy (non-hydrogen) atoms. The summed E-state index contributed by atoms with van der Waals surface area (Å²) in [6.45, 7) is 1.78. The third kappa shape index (κ3) is 3.74. The number of hydrogen-bond donors (Lipinski definition) is 1. The Kier molecular flexibility index (Phi) is 4.41. The van der Waals surface area contributed by atoms with Gasteiger partial charge in [-0.3, -0.25) is 4.79 Å². The first-order valence-corrected chi connectivity index (χ1v) is 8.15. The topological polar surface area (TPSA) is 45.2 Å². The maximum Gasteiger partial charge on any atom is 0.224 e. The quantitative estimate of drug-likeness (QED) is 0.941. The van der Waals surface area contributed by atoms with Crippen molar-refractivity contribution >= 4 is 34.0 Å². The van der Waals surface area contributed by atoms with Crippen LogP contribution in [0.1, 0.15) is 12.0 Å². The number of rotatable bonds is 4. The Hall–Kier alpha value is -1.59. The van der Waals surface area contributed by atoms with Crippen molar-refractivity contribution in [3.63, 3.8) is 0 Å². The Morgan fingerprint density at radius 3 is 2.95 bits per heavy atom. The zero-order chi connectivity index (χ0) is 14.7. The summed E-state index contributed by atoms with van der Waals surface area (Å²) in [5.41, 5.74) is 0.978. The van der Waals surface area contributed by atoms with Crippen LogP contribution in [-0.2, 0) is 11.2 Å². The van der Waals surface area contributed by atoms with E-state index < -0.39 is 0 Å². The van der Waals surface area contributed by atoms with E-state index in [9.17, 15) is 4.79 Å². The Morgan fingerprint density at radius 2 is 2.24 bits per heavy atom. The molecule has 1 aromatic carbocycles. The molecule has 1 saturated heterocycles. The minimum absolute atomic E-state index is 0.0586. The first-order chi connectivity index (χ1) is 10.2. The molecule has 0 aliphatic carbocycles. The second-order valence-corrected chi connectivity index (χ2v) is 6.43. The van der Waals surface area contributed by atoms with Crippen molar-refractivity contribution in [2.45, 2.75) is 18.9 Å². The van der Waals surface area contributed by atoms with Crippen molar-refractivity contribution in [1.29, 1.82) is 0 Å². The van der Waals surface area contributed by atoms with E-state index in [4.69, 9.17) is 11.6 Å². The molecular formula is C15H16ClN3OS. The molecule has 0 spiro atoms. The van der Waals surface area contributed by atoms with Gasteiger partial charge in [0.2, 0.25) is 5.91 Å². The monoisotopic (exact) mass is 321 g/mol. The van der Waals surface area contributed by atoms with Gasteiger partial charge < -0.3 is 10.2 Å². The molecule has 110 valence electrons. The second-order valence-electron chi connectivity index (χ2n) is 5.12. The molecule has 0 unspecified atom stereocenters. The molecule has 1 amide bonds. The number of nitrogens with zero attached hydrogens (tertiary/aromatic N) is 2. The number of hydrogen-bond acceptors (Lipinski definition) is 4. The van der Waals surface area contributed by atoms with E-state index in [-0.39, 0.29) is 11.9 Å². The van der Waals surface area contributed by atoms with Gasteiger partial charge in [-0.1, -0.05) is 23.7 Å². The summed E-state index contributed by atoms with van der Waals surface area (Å²) < 4.78 is 0. The van der Waals surface area contributed by atoms with Gasteiger partial charge in [-0.25, -0.2) is 4.98 Å². The van der Waals surface area contributed by atoms with E-state index in [0.29, 0.717) is 11.4 Å². The van der Waals surface area contributed by atoms with E-state index in [2.05, 4.69) is 15.2 Å². The summed E-state index contributed by atoms with van der Waals surface area (Å²) in [4.78, 5) is 18.6. The molecule has 1 fully saturated rings. The van der Waals surface area contributed by atoms with Crippen LogP contribution in [0, 0.1) is 0 Å². The summed E-state index contributed by atoms with van der Waals surface area (Å²) in [7, 11) is 0. The number of nitrogens with one attached hydrogen (secondary N) is 1. The normalized spacial score (nSPS) is 18.0. The lowest BCUT2D eigenvalue weighted by Crippen LogP contribution is -2.37. The zero-order valence-corrected chi connectivity index (χ0v) is 13.0. The lowest BCUT2D eigenvalue weighted by atomic mass is 10.1. The van der Waals surface area contributed by atoms with Crippen LogP contribution in [0.4, 0.5) is 5.13 Å². The Labute approximate surface area is 132 Å². The van der Waals surface area contributed by atoms with Crippen LogP contribution < -0.4 is 10.2 Å². The highest BCUT2D eigenvalue weighted by molar-refractivity contribution is 7.13.